The molecule has 0 unspecified atom stereocenters. The number of hydrogen-bond acceptors (Lipinski definition) is 5. The van der Waals surface area contributed by atoms with E-state index in [0.29, 0.717) is 0 Å². The lowest BCUT2D eigenvalue weighted by Gasteiger charge is -2.37. The molecule has 0 heterocycles. The first-order valence-corrected chi connectivity index (χ1v) is 7.74. The number of alkyl halides is 6. The standard InChI is InChI=1S/C13H10F6O5S/c1-2-8-5-3-4-6-9(8)10(20)24-11(12(14,15)16,13(17,18)19)7-25(21,22)23/h2-6H,1,7H2,(H,21,22,23)/p-1. The maximum Gasteiger partial charge on any atom is 0.438 e. The molecule has 0 aliphatic carbocycles. The summed E-state index contributed by atoms with van der Waals surface area (Å²) < 4.78 is 114. The lowest BCUT2D eigenvalue weighted by atomic mass is 10.0. The molecule has 0 radical (unpaired) electrons. The summed E-state index contributed by atoms with van der Waals surface area (Å²) in [6.07, 6.45) is -11.9. The number of hydrogen-bond donors (Lipinski definition) is 0. The quantitative estimate of drug-likeness (QED) is 0.438. The molecule has 1 aromatic rings. The van der Waals surface area contributed by atoms with Crippen molar-refractivity contribution in [3.05, 3.63) is 42.0 Å². The van der Waals surface area contributed by atoms with Crippen LogP contribution in [0, 0.1) is 0 Å². The summed E-state index contributed by atoms with van der Waals surface area (Å²) in [5.74, 6) is -5.16. The van der Waals surface area contributed by atoms with Gasteiger partial charge in [-0.05, 0) is 11.6 Å². The Balaban J connectivity index is 3.53. The molecule has 0 saturated carbocycles. The van der Waals surface area contributed by atoms with Crippen molar-refractivity contribution < 1.29 is 48.8 Å². The fourth-order valence-corrected chi connectivity index (χ4v) is 2.68. The minimum atomic E-state index is -6.42. The van der Waals surface area contributed by atoms with Crippen LogP contribution >= 0.6 is 0 Å². The van der Waals surface area contributed by atoms with Gasteiger partial charge < -0.3 is 9.29 Å². The lowest BCUT2D eigenvalue weighted by Crippen LogP contribution is -2.63. The molecule has 0 amide bonds. The third kappa shape index (κ3) is 4.51. The number of carbonyl (C=O) groups excluding carboxylic acids is 1. The Labute approximate surface area is 137 Å². The first-order valence-electron chi connectivity index (χ1n) is 6.16. The van der Waals surface area contributed by atoms with Crippen molar-refractivity contribution >= 4 is 22.2 Å². The van der Waals surface area contributed by atoms with Crippen LogP contribution in [0.5, 0.6) is 0 Å². The number of ether oxygens (including phenoxy) is 1. The Morgan fingerprint density at radius 1 is 1.12 bits per heavy atom. The van der Waals surface area contributed by atoms with E-state index in [1.165, 1.54) is 6.07 Å². The smallest absolute Gasteiger partial charge is 0.438 e. The highest BCUT2D eigenvalue weighted by atomic mass is 32.2. The molecular formula is C13H9F6O5S-. The summed E-state index contributed by atoms with van der Waals surface area (Å²) in [7, 11) is -6.08. The van der Waals surface area contributed by atoms with Crippen molar-refractivity contribution in [2.75, 3.05) is 5.75 Å². The second-order valence-electron chi connectivity index (χ2n) is 4.71. The fraction of sp³-hybridized carbons (Fsp3) is 0.308. The molecule has 0 atom stereocenters. The molecule has 0 saturated heterocycles. The van der Waals surface area contributed by atoms with E-state index in [1.54, 1.807) is 0 Å². The van der Waals surface area contributed by atoms with Gasteiger partial charge in [0.1, 0.15) is 0 Å². The van der Waals surface area contributed by atoms with Crippen LogP contribution in [-0.4, -0.2) is 42.6 Å². The monoisotopic (exact) mass is 391 g/mol. The van der Waals surface area contributed by atoms with Crippen molar-refractivity contribution in [2.45, 2.75) is 18.0 Å². The van der Waals surface area contributed by atoms with E-state index in [-0.39, 0.29) is 5.56 Å². The van der Waals surface area contributed by atoms with Gasteiger partial charge in [-0.25, -0.2) is 13.2 Å². The van der Waals surface area contributed by atoms with Crippen LogP contribution in [0.15, 0.2) is 30.8 Å². The van der Waals surface area contributed by atoms with Crippen molar-refractivity contribution in [3.63, 3.8) is 0 Å². The maximum atomic E-state index is 13.0. The van der Waals surface area contributed by atoms with Gasteiger partial charge in [-0.2, -0.15) is 26.3 Å². The molecule has 1 aromatic carbocycles. The van der Waals surface area contributed by atoms with Crippen LogP contribution in [-0.2, 0) is 14.9 Å². The highest BCUT2D eigenvalue weighted by molar-refractivity contribution is 7.85. The van der Waals surface area contributed by atoms with E-state index in [0.717, 1.165) is 24.3 Å². The highest BCUT2D eigenvalue weighted by Crippen LogP contribution is 2.47. The topological polar surface area (TPSA) is 83.5 Å². The molecule has 1 rings (SSSR count). The first-order chi connectivity index (χ1) is 11.1. The predicted molar refractivity (Wildman–Crippen MR) is 71.4 cm³/mol. The maximum absolute atomic E-state index is 13.0. The van der Waals surface area contributed by atoms with Gasteiger partial charge in [-0.3, -0.25) is 0 Å². The van der Waals surface area contributed by atoms with Crippen LogP contribution < -0.4 is 0 Å². The number of rotatable bonds is 5. The van der Waals surface area contributed by atoms with Gasteiger partial charge in [-0.15, -0.1) is 0 Å². The van der Waals surface area contributed by atoms with E-state index in [4.69, 9.17) is 0 Å². The molecule has 0 aromatic heterocycles. The molecule has 25 heavy (non-hydrogen) atoms. The summed E-state index contributed by atoms with van der Waals surface area (Å²) in [5.41, 5.74) is -6.39. The zero-order chi connectivity index (χ0) is 19.7. The normalized spacial score (nSPS) is 13.4. The van der Waals surface area contributed by atoms with Gasteiger partial charge >= 0.3 is 23.9 Å². The molecule has 0 spiro atoms. The largest absolute Gasteiger partial charge is 0.748 e. The average molecular weight is 391 g/mol. The summed E-state index contributed by atoms with van der Waals surface area (Å²) in [4.78, 5) is 11.9. The van der Waals surface area contributed by atoms with E-state index in [9.17, 15) is 44.1 Å². The Kier molecular flexibility index (Phi) is 5.59. The number of carbonyl (C=O) groups is 1. The van der Waals surface area contributed by atoms with Gasteiger partial charge in [0, 0.05) is 0 Å². The Morgan fingerprint density at radius 3 is 2.00 bits per heavy atom. The highest BCUT2D eigenvalue weighted by Gasteiger charge is 2.75. The summed E-state index contributed by atoms with van der Waals surface area (Å²) in [5, 5.41) is 0. The van der Waals surface area contributed by atoms with Gasteiger partial charge in [0.25, 0.3) is 0 Å². The minimum Gasteiger partial charge on any atom is -0.748 e. The van der Waals surface area contributed by atoms with E-state index < -0.39 is 45.4 Å². The first kappa shape index (κ1) is 21.0. The zero-order valence-electron chi connectivity index (χ0n) is 12.0. The number of esters is 1. The van der Waals surface area contributed by atoms with Gasteiger partial charge in [0.05, 0.1) is 21.4 Å². The predicted octanol–water partition coefficient (Wildman–Crippen LogP) is 2.90. The zero-order valence-corrected chi connectivity index (χ0v) is 12.8. The number of halogens is 6. The lowest BCUT2D eigenvalue weighted by molar-refractivity contribution is -0.356. The van der Waals surface area contributed by atoms with Crippen molar-refractivity contribution in [2.24, 2.45) is 0 Å². The molecule has 0 fully saturated rings. The van der Waals surface area contributed by atoms with Crippen LogP contribution in [0.2, 0.25) is 0 Å². The van der Waals surface area contributed by atoms with Gasteiger partial charge in [-0.1, -0.05) is 30.9 Å². The van der Waals surface area contributed by atoms with Crippen LogP contribution in [0.4, 0.5) is 26.3 Å². The average Bonchev–Trinajstić information content (AvgIpc) is 2.42. The summed E-state index contributed by atoms with van der Waals surface area (Å²) in [6, 6.07) is 4.44. The molecule has 0 N–H and O–H groups in total. The minimum absolute atomic E-state index is 0.157. The molecule has 0 aliphatic rings. The van der Waals surface area contributed by atoms with Crippen molar-refractivity contribution in [1.29, 1.82) is 0 Å². The number of benzene rings is 1. The van der Waals surface area contributed by atoms with E-state index >= 15 is 0 Å². The van der Waals surface area contributed by atoms with E-state index in [2.05, 4.69) is 11.3 Å². The molecule has 140 valence electrons. The second-order valence-corrected chi connectivity index (χ2v) is 6.11. The Morgan fingerprint density at radius 2 is 1.60 bits per heavy atom. The molecule has 12 heteroatoms. The van der Waals surface area contributed by atoms with Crippen molar-refractivity contribution in [3.8, 4) is 0 Å². The van der Waals surface area contributed by atoms with E-state index in [1.807, 2.05) is 0 Å². The fourth-order valence-electron chi connectivity index (χ4n) is 1.79. The second kappa shape index (κ2) is 6.67. The SMILES string of the molecule is C=Cc1ccccc1C(=O)OC(CS(=O)(=O)[O-])(C(F)(F)F)C(F)(F)F. The molecule has 0 bridgehead atoms. The Bertz CT molecular complexity index is 752. The Hall–Kier alpha value is -2.08. The third-order valence-electron chi connectivity index (χ3n) is 2.96. The van der Waals surface area contributed by atoms with Gasteiger partial charge in [0.15, 0.2) is 0 Å². The molecule has 0 aliphatic heterocycles. The molecule has 5 nitrogen and oxygen atoms in total. The van der Waals surface area contributed by atoms with Gasteiger partial charge in [0.2, 0.25) is 0 Å². The van der Waals surface area contributed by atoms with Crippen LogP contribution in [0.25, 0.3) is 6.08 Å². The van der Waals surface area contributed by atoms with Crippen LogP contribution in [0.3, 0.4) is 0 Å². The molecular weight excluding hydrogens is 382 g/mol. The summed E-state index contributed by atoms with van der Waals surface area (Å²) >= 11 is 0. The van der Waals surface area contributed by atoms with Crippen LogP contribution in [0.1, 0.15) is 15.9 Å². The van der Waals surface area contributed by atoms with Crippen molar-refractivity contribution in [1.82, 2.24) is 0 Å². The third-order valence-corrected chi connectivity index (χ3v) is 3.72. The summed E-state index contributed by atoms with van der Waals surface area (Å²) in [6.45, 7) is 3.23.